The van der Waals surface area contributed by atoms with E-state index < -0.39 is 22.5 Å². The van der Waals surface area contributed by atoms with Gasteiger partial charge in [-0.15, -0.1) is 0 Å². The number of ether oxygens (including phenoxy) is 1. The zero-order valence-electron chi connectivity index (χ0n) is 13.5. The Labute approximate surface area is 136 Å². The van der Waals surface area contributed by atoms with E-state index in [0.29, 0.717) is 18.7 Å². The van der Waals surface area contributed by atoms with Crippen molar-refractivity contribution in [1.29, 1.82) is 0 Å². The molecular weight excluding hydrogens is 320 g/mol. The maximum absolute atomic E-state index is 12.2. The van der Waals surface area contributed by atoms with Crippen LogP contribution in [0.3, 0.4) is 0 Å². The quantitative estimate of drug-likeness (QED) is 0.712. The van der Waals surface area contributed by atoms with E-state index in [9.17, 15) is 18.0 Å². The summed E-state index contributed by atoms with van der Waals surface area (Å²) < 4.78 is 30.9. The van der Waals surface area contributed by atoms with E-state index in [4.69, 9.17) is 0 Å². The number of carbonyl (C=O) groups excluding carboxylic acids is 2. The Bertz CT molecular complexity index is 636. The molecule has 1 amide bonds. The van der Waals surface area contributed by atoms with Crippen molar-refractivity contribution >= 4 is 21.9 Å². The van der Waals surface area contributed by atoms with Crippen LogP contribution in [0.1, 0.15) is 31.1 Å². The van der Waals surface area contributed by atoms with E-state index in [1.165, 1.54) is 24.3 Å². The molecule has 0 fully saturated rings. The molecule has 1 rings (SSSR count). The molecule has 0 bridgehead atoms. The van der Waals surface area contributed by atoms with Gasteiger partial charge in [0.2, 0.25) is 10.0 Å². The van der Waals surface area contributed by atoms with Gasteiger partial charge < -0.3 is 9.64 Å². The number of nitrogens with one attached hydrogen (secondary N) is 1. The van der Waals surface area contributed by atoms with E-state index in [0.717, 1.165) is 0 Å². The number of rotatable bonds is 8. The highest BCUT2D eigenvalue weighted by Crippen LogP contribution is 2.12. The molecule has 0 atom stereocenters. The second kappa shape index (κ2) is 8.64. The van der Waals surface area contributed by atoms with Crippen LogP contribution in [0.4, 0.5) is 0 Å². The molecule has 0 aliphatic carbocycles. The number of carbonyl (C=O) groups is 2. The maximum Gasteiger partial charge on any atom is 0.321 e. The maximum atomic E-state index is 12.2. The molecule has 0 spiro atoms. The van der Waals surface area contributed by atoms with E-state index in [1.54, 1.807) is 11.8 Å². The van der Waals surface area contributed by atoms with Crippen LogP contribution in [0.25, 0.3) is 0 Å². The van der Waals surface area contributed by atoms with Crippen molar-refractivity contribution in [3.05, 3.63) is 29.8 Å². The molecule has 0 heterocycles. The smallest absolute Gasteiger partial charge is 0.321 e. The Kier molecular flexibility index (Phi) is 7.18. The zero-order chi connectivity index (χ0) is 17.5. The minimum atomic E-state index is -3.82. The van der Waals surface area contributed by atoms with Crippen LogP contribution in [0, 0.1) is 0 Å². The van der Waals surface area contributed by atoms with Crippen LogP contribution in [0.5, 0.6) is 0 Å². The average molecular weight is 342 g/mol. The summed E-state index contributed by atoms with van der Waals surface area (Å²) in [7, 11) is -3.82. The molecule has 1 aromatic rings. The van der Waals surface area contributed by atoms with Gasteiger partial charge >= 0.3 is 5.97 Å². The highest BCUT2D eigenvalue weighted by atomic mass is 32.2. The fourth-order valence-corrected chi connectivity index (χ4v) is 2.89. The molecule has 1 aromatic carbocycles. The largest absolute Gasteiger partial charge is 0.465 e. The Balaban J connectivity index is 2.82. The van der Waals surface area contributed by atoms with Gasteiger partial charge in [0, 0.05) is 18.7 Å². The Morgan fingerprint density at radius 2 is 1.65 bits per heavy atom. The predicted molar refractivity (Wildman–Crippen MR) is 85.5 cm³/mol. The van der Waals surface area contributed by atoms with Crippen LogP contribution < -0.4 is 4.72 Å². The second-order valence-electron chi connectivity index (χ2n) is 4.63. The van der Waals surface area contributed by atoms with Crippen LogP contribution in [0.15, 0.2) is 29.2 Å². The molecule has 1 N–H and O–H groups in total. The van der Waals surface area contributed by atoms with Crippen LogP contribution in [-0.4, -0.2) is 51.4 Å². The third-order valence-electron chi connectivity index (χ3n) is 3.17. The fraction of sp³-hybridized carbons (Fsp3) is 0.467. The molecule has 0 saturated carbocycles. The van der Waals surface area contributed by atoms with Crippen molar-refractivity contribution < 1.29 is 22.7 Å². The first-order valence-corrected chi connectivity index (χ1v) is 8.88. The highest BCUT2D eigenvalue weighted by molar-refractivity contribution is 7.89. The lowest BCUT2D eigenvalue weighted by Gasteiger charge is -2.18. The first-order chi connectivity index (χ1) is 10.9. The first-order valence-electron chi connectivity index (χ1n) is 7.40. The molecular formula is C15H22N2O5S. The molecule has 23 heavy (non-hydrogen) atoms. The van der Waals surface area contributed by atoms with Gasteiger partial charge in [0.25, 0.3) is 5.91 Å². The summed E-state index contributed by atoms with van der Waals surface area (Å²) in [6.07, 6.45) is 0. The minimum Gasteiger partial charge on any atom is -0.465 e. The summed E-state index contributed by atoms with van der Waals surface area (Å²) >= 11 is 0. The molecule has 8 heteroatoms. The molecule has 0 aliphatic heterocycles. The van der Waals surface area contributed by atoms with Crippen molar-refractivity contribution in [2.45, 2.75) is 25.7 Å². The third-order valence-corrected chi connectivity index (χ3v) is 4.59. The number of hydrogen-bond acceptors (Lipinski definition) is 5. The van der Waals surface area contributed by atoms with Crippen molar-refractivity contribution in [2.75, 3.05) is 26.2 Å². The number of amides is 1. The van der Waals surface area contributed by atoms with Gasteiger partial charge in [0.15, 0.2) is 0 Å². The summed E-state index contributed by atoms with van der Waals surface area (Å²) in [6.45, 7) is 6.29. The number of sulfonamides is 1. The van der Waals surface area contributed by atoms with E-state index in [1.807, 2.05) is 13.8 Å². The lowest BCUT2D eigenvalue weighted by atomic mass is 10.2. The predicted octanol–water partition coefficient (Wildman–Crippen LogP) is 1.01. The Hall–Kier alpha value is -1.93. The monoisotopic (exact) mass is 342 g/mol. The van der Waals surface area contributed by atoms with Gasteiger partial charge in [-0.1, -0.05) is 0 Å². The SMILES string of the molecule is CCOC(=O)CNS(=O)(=O)c1ccc(C(=O)N(CC)CC)cc1. The third kappa shape index (κ3) is 5.33. The molecule has 128 valence electrons. The molecule has 0 unspecified atom stereocenters. The highest BCUT2D eigenvalue weighted by Gasteiger charge is 2.18. The zero-order valence-corrected chi connectivity index (χ0v) is 14.4. The van der Waals surface area contributed by atoms with Gasteiger partial charge in [-0.25, -0.2) is 8.42 Å². The van der Waals surface area contributed by atoms with Gasteiger partial charge in [-0.3, -0.25) is 9.59 Å². The number of esters is 1. The summed E-state index contributed by atoms with van der Waals surface area (Å²) in [4.78, 5) is 25.0. The van der Waals surface area contributed by atoms with Crippen LogP contribution in [-0.2, 0) is 19.6 Å². The van der Waals surface area contributed by atoms with Crippen molar-refractivity contribution in [3.63, 3.8) is 0 Å². The normalized spacial score (nSPS) is 11.1. The number of benzene rings is 1. The summed E-state index contributed by atoms with van der Waals surface area (Å²) in [5, 5.41) is 0. The lowest BCUT2D eigenvalue weighted by molar-refractivity contribution is -0.141. The average Bonchev–Trinajstić information content (AvgIpc) is 2.54. The van der Waals surface area contributed by atoms with E-state index in [2.05, 4.69) is 9.46 Å². The van der Waals surface area contributed by atoms with Crippen molar-refractivity contribution in [3.8, 4) is 0 Å². The fourth-order valence-electron chi connectivity index (χ4n) is 1.92. The number of nitrogens with zero attached hydrogens (tertiary/aromatic N) is 1. The summed E-state index contributed by atoms with van der Waals surface area (Å²) in [6, 6.07) is 5.59. The molecule has 0 aromatic heterocycles. The van der Waals surface area contributed by atoms with Crippen molar-refractivity contribution in [1.82, 2.24) is 9.62 Å². The summed E-state index contributed by atoms with van der Waals surface area (Å²) in [5.41, 5.74) is 0.415. The van der Waals surface area contributed by atoms with Crippen LogP contribution in [0.2, 0.25) is 0 Å². The Morgan fingerprint density at radius 1 is 1.09 bits per heavy atom. The van der Waals surface area contributed by atoms with Gasteiger partial charge in [0.1, 0.15) is 6.54 Å². The molecule has 7 nitrogen and oxygen atoms in total. The van der Waals surface area contributed by atoms with Gasteiger partial charge in [-0.05, 0) is 45.0 Å². The van der Waals surface area contributed by atoms with Crippen LogP contribution >= 0.6 is 0 Å². The van der Waals surface area contributed by atoms with Gasteiger partial charge in [-0.2, -0.15) is 4.72 Å². The minimum absolute atomic E-state index is 0.0158. The number of hydrogen-bond donors (Lipinski definition) is 1. The van der Waals surface area contributed by atoms with Crippen molar-refractivity contribution in [2.24, 2.45) is 0 Å². The van der Waals surface area contributed by atoms with E-state index >= 15 is 0 Å². The lowest BCUT2D eigenvalue weighted by Crippen LogP contribution is -2.31. The molecule has 0 aliphatic rings. The Morgan fingerprint density at radius 3 is 2.13 bits per heavy atom. The topological polar surface area (TPSA) is 92.8 Å². The first kappa shape index (κ1) is 19.1. The summed E-state index contributed by atoms with van der Waals surface area (Å²) in [5.74, 6) is -0.803. The molecule has 0 saturated heterocycles. The second-order valence-corrected chi connectivity index (χ2v) is 6.40. The molecule has 0 radical (unpaired) electrons. The standard InChI is InChI=1S/C15H22N2O5S/c1-4-17(5-2)15(19)12-7-9-13(10-8-12)23(20,21)16-11-14(18)22-6-3/h7-10,16H,4-6,11H2,1-3H3. The van der Waals surface area contributed by atoms with E-state index in [-0.39, 0.29) is 17.4 Å². The van der Waals surface area contributed by atoms with Gasteiger partial charge in [0.05, 0.1) is 11.5 Å².